The molecule has 2 heterocycles. The standard InChI is InChI=1S/C22H26ClN6O7P/c1-10-14(29-9-25-17-18(29)26-22(24)27-19(17)31)8-15(30)16(10)21(33)37(34,28-11(2)20(32)35-3)36-13-6-4-12(23)5-7-13/h4-7,9,11,14-16,21,30,33H,1,8H2,2-3H3,(H,28,34)(H3,24,26,27,31)/t11-,14-,15-,16+,21-,37?/m0/s1. The van der Waals surface area contributed by atoms with E-state index in [0.717, 1.165) is 7.11 Å². The van der Waals surface area contributed by atoms with Crippen LogP contribution in [0, 0.1) is 5.92 Å². The molecule has 13 nitrogen and oxygen atoms in total. The van der Waals surface area contributed by atoms with E-state index < -0.39 is 49.0 Å². The van der Waals surface area contributed by atoms with Crippen LogP contribution in [0.1, 0.15) is 19.4 Å². The Kier molecular flexibility index (Phi) is 7.45. The number of nitrogen functional groups attached to an aromatic ring is 1. The van der Waals surface area contributed by atoms with Gasteiger partial charge in [0.15, 0.2) is 17.0 Å². The maximum atomic E-state index is 14.1. The van der Waals surface area contributed by atoms with Crippen LogP contribution in [0.5, 0.6) is 5.75 Å². The number of anilines is 1. The summed E-state index contributed by atoms with van der Waals surface area (Å²) >= 11 is 5.92. The van der Waals surface area contributed by atoms with Crippen LogP contribution >= 0.6 is 19.1 Å². The Morgan fingerprint density at radius 1 is 1.41 bits per heavy atom. The van der Waals surface area contributed by atoms with Gasteiger partial charge in [-0.05, 0) is 43.2 Å². The number of fused-ring (bicyclic) bond motifs is 1. The third kappa shape index (κ3) is 5.13. The first-order valence-corrected chi connectivity index (χ1v) is 13.2. The number of rotatable bonds is 8. The highest BCUT2D eigenvalue weighted by atomic mass is 35.5. The summed E-state index contributed by atoms with van der Waals surface area (Å²) in [5.74, 6) is -3.75. The van der Waals surface area contributed by atoms with Gasteiger partial charge in [0.1, 0.15) is 11.8 Å². The number of aliphatic hydroxyl groups is 2. The number of aliphatic hydroxyl groups excluding tert-OH is 2. The number of carbonyl (C=O) groups is 1. The molecule has 1 aliphatic rings. The number of nitrogens with zero attached hydrogens (tertiary/aromatic N) is 3. The molecule has 0 bridgehead atoms. The fraction of sp³-hybridized carbons (Fsp3) is 0.364. The molecular weight excluding hydrogens is 527 g/mol. The lowest BCUT2D eigenvalue weighted by Crippen LogP contribution is -2.40. The molecule has 198 valence electrons. The average Bonchev–Trinajstić information content (AvgIpc) is 3.39. The number of H-pyrrole nitrogens is 1. The van der Waals surface area contributed by atoms with E-state index in [1.807, 2.05) is 0 Å². The van der Waals surface area contributed by atoms with Crippen molar-refractivity contribution >= 4 is 42.2 Å². The van der Waals surface area contributed by atoms with Gasteiger partial charge in [0.2, 0.25) is 5.95 Å². The number of imidazole rings is 1. The summed E-state index contributed by atoms with van der Waals surface area (Å²) in [6, 6.07) is 4.09. The Morgan fingerprint density at radius 3 is 2.73 bits per heavy atom. The predicted molar refractivity (Wildman–Crippen MR) is 135 cm³/mol. The van der Waals surface area contributed by atoms with Crippen molar-refractivity contribution in [2.75, 3.05) is 12.8 Å². The molecule has 2 aromatic heterocycles. The van der Waals surface area contributed by atoms with Crippen LogP contribution < -0.4 is 20.9 Å². The van der Waals surface area contributed by atoms with Crippen LogP contribution in [0.15, 0.2) is 47.5 Å². The molecule has 6 N–H and O–H groups in total. The topological polar surface area (TPSA) is 195 Å². The number of nitrogens with two attached hydrogens (primary N) is 1. The van der Waals surface area contributed by atoms with Gasteiger partial charge in [-0.25, -0.2) is 10.1 Å². The van der Waals surface area contributed by atoms with Crippen molar-refractivity contribution in [3.05, 3.63) is 58.1 Å². The second-order valence-corrected chi connectivity index (χ2v) is 11.2. The fourth-order valence-corrected chi connectivity index (χ4v) is 6.70. The lowest BCUT2D eigenvalue weighted by atomic mass is 10.0. The maximum Gasteiger partial charge on any atom is 0.346 e. The molecule has 4 rings (SSSR count). The number of aromatic nitrogens is 4. The van der Waals surface area contributed by atoms with Gasteiger partial charge in [-0.1, -0.05) is 18.2 Å². The normalized spacial score (nSPS) is 22.9. The largest absolute Gasteiger partial charge is 0.468 e. The second-order valence-electron chi connectivity index (χ2n) is 8.62. The first-order chi connectivity index (χ1) is 17.4. The number of nitrogens with one attached hydrogen (secondary N) is 2. The zero-order valence-electron chi connectivity index (χ0n) is 19.9. The molecule has 1 aromatic carbocycles. The van der Waals surface area contributed by atoms with Crippen molar-refractivity contribution in [2.24, 2.45) is 5.92 Å². The molecule has 15 heteroatoms. The van der Waals surface area contributed by atoms with E-state index in [-0.39, 0.29) is 34.9 Å². The Bertz CT molecular complexity index is 1440. The third-order valence-corrected chi connectivity index (χ3v) is 8.67. The molecule has 6 atom stereocenters. The number of ether oxygens (including phenoxy) is 1. The van der Waals surface area contributed by atoms with E-state index in [9.17, 15) is 24.4 Å². The highest BCUT2D eigenvalue weighted by molar-refractivity contribution is 7.57. The molecular formula is C22H26ClN6O7P. The minimum absolute atomic E-state index is 0.0331. The number of halogens is 1. The summed E-state index contributed by atoms with van der Waals surface area (Å²) in [7, 11) is -3.17. The van der Waals surface area contributed by atoms with Crippen molar-refractivity contribution in [2.45, 2.75) is 37.4 Å². The van der Waals surface area contributed by atoms with Crippen LogP contribution in [-0.2, 0) is 14.1 Å². The van der Waals surface area contributed by atoms with E-state index in [1.54, 1.807) is 0 Å². The van der Waals surface area contributed by atoms with Gasteiger partial charge in [-0.3, -0.25) is 19.1 Å². The first kappa shape index (κ1) is 26.8. The molecule has 0 saturated heterocycles. The number of carbonyl (C=O) groups excluding carboxylic acids is 1. The minimum Gasteiger partial charge on any atom is -0.468 e. The molecule has 0 amide bonds. The predicted octanol–water partition coefficient (Wildman–Crippen LogP) is 1.57. The molecule has 37 heavy (non-hydrogen) atoms. The second kappa shape index (κ2) is 10.3. The minimum atomic E-state index is -4.34. The number of benzene rings is 1. The van der Waals surface area contributed by atoms with Crippen molar-refractivity contribution in [1.82, 2.24) is 24.6 Å². The van der Waals surface area contributed by atoms with E-state index in [2.05, 4.69) is 26.6 Å². The summed E-state index contributed by atoms with van der Waals surface area (Å²) in [6.07, 6.45) is 0.167. The summed E-state index contributed by atoms with van der Waals surface area (Å²) < 4.78 is 26.0. The van der Waals surface area contributed by atoms with Gasteiger partial charge in [0, 0.05) is 10.9 Å². The number of hydrogen-bond donors (Lipinski definition) is 5. The van der Waals surface area contributed by atoms with Crippen LogP contribution in [0.3, 0.4) is 0 Å². The lowest BCUT2D eigenvalue weighted by molar-refractivity contribution is -0.142. The molecule has 3 aromatic rings. The molecule has 1 saturated carbocycles. The van der Waals surface area contributed by atoms with Crippen LogP contribution in [0.2, 0.25) is 5.02 Å². The number of methoxy groups -OCH3 is 1. The summed E-state index contributed by atoms with van der Waals surface area (Å²) in [6.45, 7) is 5.42. The van der Waals surface area contributed by atoms with Gasteiger partial charge in [-0.2, -0.15) is 4.98 Å². The highest BCUT2D eigenvalue weighted by Crippen LogP contribution is 2.55. The van der Waals surface area contributed by atoms with Gasteiger partial charge in [0.25, 0.3) is 5.56 Å². The Labute approximate surface area is 215 Å². The monoisotopic (exact) mass is 552 g/mol. The highest BCUT2D eigenvalue weighted by Gasteiger charge is 2.51. The smallest absolute Gasteiger partial charge is 0.346 e. The van der Waals surface area contributed by atoms with Crippen molar-refractivity contribution < 1.29 is 28.8 Å². The summed E-state index contributed by atoms with van der Waals surface area (Å²) in [5.41, 5.74) is 5.62. The van der Waals surface area contributed by atoms with Gasteiger partial charge < -0.3 is 29.8 Å². The summed E-state index contributed by atoms with van der Waals surface area (Å²) in [5, 5.41) is 25.3. The molecule has 1 unspecified atom stereocenters. The molecule has 0 aliphatic heterocycles. The molecule has 1 aliphatic carbocycles. The first-order valence-electron chi connectivity index (χ1n) is 11.1. The Balaban J connectivity index is 1.69. The molecule has 1 fully saturated rings. The SMILES string of the molecule is C=C1[C@@H]([C@@H](O)P(=O)(N[C@@H](C)C(=O)OC)Oc2ccc(Cl)cc2)[C@@H](O)C[C@@H]1n1cnc2c(=O)[nH]c(N)nc21. The van der Waals surface area contributed by atoms with Crippen LogP contribution in [0.25, 0.3) is 11.2 Å². The Morgan fingerprint density at radius 2 is 2.08 bits per heavy atom. The van der Waals surface area contributed by atoms with Gasteiger partial charge >= 0.3 is 13.5 Å². The van der Waals surface area contributed by atoms with Crippen LogP contribution in [0.4, 0.5) is 5.95 Å². The van der Waals surface area contributed by atoms with E-state index in [1.165, 1.54) is 42.1 Å². The van der Waals surface area contributed by atoms with Crippen molar-refractivity contribution in [3.63, 3.8) is 0 Å². The van der Waals surface area contributed by atoms with Crippen molar-refractivity contribution in [3.8, 4) is 5.75 Å². The fourth-order valence-electron chi connectivity index (χ4n) is 4.37. The van der Waals surface area contributed by atoms with Gasteiger partial charge in [-0.15, -0.1) is 0 Å². The lowest BCUT2D eigenvalue weighted by Gasteiger charge is -2.32. The van der Waals surface area contributed by atoms with Crippen molar-refractivity contribution in [1.29, 1.82) is 0 Å². The molecule has 0 radical (unpaired) electrons. The number of aromatic amines is 1. The van der Waals surface area contributed by atoms with E-state index in [4.69, 9.17) is 26.6 Å². The van der Waals surface area contributed by atoms with E-state index >= 15 is 0 Å². The zero-order chi connectivity index (χ0) is 27.1. The molecule has 0 spiro atoms. The number of esters is 1. The third-order valence-electron chi connectivity index (χ3n) is 6.17. The van der Waals surface area contributed by atoms with E-state index in [0.29, 0.717) is 5.02 Å². The number of hydrogen-bond acceptors (Lipinski definition) is 10. The maximum absolute atomic E-state index is 14.1. The Hall–Kier alpha value is -3.22. The van der Waals surface area contributed by atoms with Crippen LogP contribution in [-0.4, -0.2) is 60.8 Å². The quantitative estimate of drug-likeness (QED) is 0.155. The summed E-state index contributed by atoms with van der Waals surface area (Å²) in [4.78, 5) is 34.8. The van der Waals surface area contributed by atoms with Gasteiger partial charge in [0.05, 0.1) is 25.6 Å². The zero-order valence-corrected chi connectivity index (χ0v) is 21.5. The average molecular weight is 553 g/mol.